The predicted octanol–water partition coefficient (Wildman–Crippen LogP) is 5.35. The summed E-state index contributed by atoms with van der Waals surface area (Å²) in [6.07, 6.45) is 1.68. The van der Waals surface area contributed by atoms with Crippen LogP contribution < -0.4 is 0 Å². The fourth-order valence-electron chi connectivity index (χ4n) is 5.64. The first-order valence-corrected chi connectivity index (χ1v) is 10.6. The van der Waals surface area contributed by atoms with Crippen LogP contribution in [-0.2, 0) is 20.3 Å². The van der Waals surface area contributed by atoms with Crippen molar-refractivity contribution in [1.82, 2.24) is 4.57 Å². The number of hydrogen-bond acceptors (Lipinski definition) is 4. The maximum absolute atomic E-state index is 12.4. The lowest BCUT2D eigenvalue weighted by Gasteiger charge is -2.40. The molecule has 0 spiro atoms. The van der Waals surface area contributed by atoms with Gasteiger partial charge in [0.15, 0.2) is 6.29 Å². The maximum Gasteiger partial charge on any atom is 0.200 e. The molecule has 2 aromatic rings. The van der Waals surface area contributed by atoms with Gasteiger partial charge in [-0.1, -0.05) is 32.0 Å². The lowest BCUT2D eigenvalue weighted by molar-refractivity contribution is -0.275. The standard InChI is InChI=1S/C25H30N2O3/c1-16-12-24(4,5)30-22(29-16)21-20-19(23(2,3)14-25(20,6)15-26)18(13-28)27(21)17-10-8-7-9-11-17/h7-11,13,16,22H,12,14H2,1-6H3. The van der Waals surface area contributed by atoms with Crippen LogP contribution in [0.1, 0.15) is 88.0 Å². The van der Waals surface area contributed by atoms with Crippen molar-refractivity contribution in [3.8, 4) is 11.8 Å². The van der Waals surface area contributed by atoms with E-state index in [0.717, 1.165) is 35.2 Å². The zero-order chi connectivity index (χ0) is 21.9. The van der Waals surface area contributed by atoms with Crippen molar-refractivity contribution in [3.05, 3.63) is 52.8 Å². The molecule has 158 valence electrons. The quantitative estimate of drug-likeness (QED) is 0.644. The van der Waals surface area contributed by atoms with E-state index in [1.807, 2.05) is 48.7 Å². The van der Waals surface area contributed by atoms with Crippen LogP contribution in [0.5, 0.6) is 0 Å². The highest BCUT2D eigenvalue weighted by Crippen LogP contribution is 2.55. The first-order chi connectivity index (χ1) is 14.0. The molecule has 1 fully saturated rings. The van der Waals surface area contributed by atoms with Crippen molar-refractivity contribution in [2.75, 3.05) is 0 Å². The molecule has 2 aliphatic rings. The second-order valence-corrected chi connectivity index (χ2v) is 10.2. The summed E-state index contributed by atoms with van der Waals surface area (Å²) in [6.45, 7) is 12.3. The molecule has 0 N–H and O–H groups in total. The molecule has 0 amide bonds. The van der Waals surface area contributed by atoms with Gasteiger partial charge in [0.2, 0.25) is 6.29 Å². The molecule has 1 aliphatic heterocycles. The van der Waals surface area contributed by atoms with E-state index in [0.29, 0.717) is 12.1 Å². The first kappa shape index (κ1) is 20.8. The highest BCUT2D eigenvalue weighted by molar-refractivity contribution is 5.81. The third-order valence-corrected chi connectivity index (χ3v) is 6.43. The third kappa shape index (κ3) is 3.10. The van der Waals surface area contributed by atoms with E-state index in [9.17, 15) is 10.1 Å². The molecular weight excluding hydrogens is 376 g/mol. The van der Waals surface area contributed by atoms with Crippen molar-refractivity contribution >= 4 is 6.29 Å². The Morgan fingerprint density at radius 1 is 1.13 bits per heavy atom. The van der Waals surface area contributed by atoms with Crippen molar-refractivity contribution in [2.24, 2.45) is 0 Å². The van der Waals surface area contributed by atoms with Gasteiger partial charge in [-0.2, -0.15) is 5.26 Å². The van der Waals surface area contributed by atoms with Gasteiger partial charge in [-0.05, 0) is 57.2 Å². The number of ether oxygens (including phenoxy) is 2. The normalized spacial score (nSPS) is 29.2. The molecule has 2 heterocycles. The average Bonchev–Trinajstić information content (AvgIpc) is 3.12. The lowest BCUT2D eigenvalue weighted by atomic mass is 9.80. The fourth-order valence-corrected chi connectivity index (χ4v) is 5.64. The molecule has 0 radical (unpaired) electrons. The topological polar surface area (TPSA) is 64.2 Å². The number of fused-ring (bicyclic) bond motifs is 1. The Balaban J connectivity index is 2.09. The Morgan fingerprint density at radius 2 is 1.80 bits per heavy atom. The number of aldehydes is 1. The summed E-state index contributed by atoms with van der Waals surface area (Å²) in [7, 11) is 0. The van der Waals surface area contributed by atoms with Gasteiger partial charge in [0, 0.05) is 17.7 Å². The van der Waals surface area contributed by atoms with Gasteiger partial charge in [-0.25, -0.2) is 0 Å². The molecule has 1 aromatic carbocycles. The Kier molecular flexibility index (Phi) is 4.72. The summed E-state index contributed by atoms with van der Waals surface area (Å²) in [5.41, 5.74) is 2.61. The van der Waals surface area contributed by atoms with E-state index >= 15 is 0 Å². The molecule has 1 saturated heterocycles. The number of hydrogen-bond donors (Lipinski definition) is 0. The first-order valence-electron chi connectivity index (χ1n) is 10.6. The minimum Gasteiger partial charge on any atom is -0.344 e. The van der Waals surface area contributed by atoms with Gasteiger partial charge in [0.05, 0.1) is 34.6 Å². The van der Waals surface area contributed by atoms with Crippen LogP contribution in [0.15, 0.2) is 30.3 Å². The number of rotatable bonds is 3. The minimum atomic E-state index is -0.733. The SMILES string of the molecule is CC1CC(C)(C)OC(c2c3c(c(C=O)n2-c2ccccc2)C(C)(C)CC3(C)C#N)O1. The average molecular weight is 407 g/mol. The third-order valence-electron chi connectivity index (χ3n) is 6.43. The van der Waals surface area contributed by atoms with Gasteiger partial charge in [-0.15, -0.1) is 0 Å². The molecule has 3 unspecified atom stereocenters. The Labute approximate surface area is 178 Å². The zero-order valence-corrected chi connectivity index (χ0v) is 18.7. The van der Waals surface area contributed by atoms with Crippen LogP contribution >= 0.6 is 0 Å². The largest absolute Gasteiger partial charge is 0.344 e. The second-order valence-electron chi connectivity index (χ2n) is 10.2. The van der Waals surface area contributed by atoms with Crippen molar-refractivity contribution in [1.29, 1.82) is 5.26 Å². The highest BCUT2D eigenvalue weighted by atomic mass is 16.7. The number of carbonyl (C=O) groups is 1. The van der Waals surface area contributed by atoms with E-state index < -0.39 is 11.7 Å². The van der Waals surface area contributed by atoms with E-state index in [1.54, 1.807) is 0 Å². The number of aromatic nitrogens is 1. The van der Waals surface area contributed by atoms with Crippen molar-refractivity contribution in [2.45, 2.75) is 83.2 Å². The number of para-hydroxylation sites is 1. The number of benzene rings is 1. The second kappa shape index (κ2) is 6.80. The summed E-state index contributed by atoms with van der Waals surface area (Å²) >= 11 is 0. The summed E-state index contributed by atoms with van der Waals surface area (Å²) in [5, 5.41) is 10.2. The molecule has 0 bridgehead atoms. The van der Waals surface area contributed by atoms with Crippen molar-refractivity contribution in [3.63, 3.8) is 0 Å². The molecule has 30 heavy (non-hydrogen) atoms. The molecule has 5 nitrogen and oxygen atoms in total. The lowest BCUT2D eigenvalue weighted by Crippen LogP contribution is -2.40. The summed E-state index contributed by atoms with van der Waals surface area (Å²) in [5.74, 6) is 0. The Bertz CT molecular complexity index is 1030. The smallest absolute Gasteiger partial charge is 0.200 e. The minimum absolute atomic E-state index is 0.00374. The van der Waals surface area contributed by atoms with E-state index in [-0.39, 0.29) is 17.1 Å². The van der Waals surface area contributed by atoms with Gasteiger partial charge in [-0.3, -0.25) is 4.79 Å². The molecular formula is C25H30N2O3. The summed E-state index contributed by atoms with van der Waals surface area (Å²) in [6, 6.07) is 12.3. The van der Waals surface area contributed by atoms with Gasteiger partial charge in [0.1, 0.15) is 0 Å². The zero-order valence-electron chi connectivity index (χ0n) is 18.7. The van der Waals surface area contributed by atoms with Crippen LogP contribution in [0, 0.1) is 11.3 Å². The molecule has 4 rings (SSSR count). The van der Waals surface area contributed by atoms with Gasteiger partial charge in [0.25, 0.3) is 0 Å². The fraction of sp³-hybridized carbons (Fsp3) is 0.520. The van der Waals surface area contributed by atoms with Gasteiger partial charge >= 0.3 is 0 Å². The summed E-state index contributed by atoms with van der Waals surface area (Å²) < 4.78 is 14.7. The Hall–Kier alpha value is -2.42. The molecule has 3 atom stereocenters. The molecule has 1 aromatic heterocycles. The van der Waals surface area contributed by atoms with E-state index in [2.05, 4.69) is 33.8 Å². The van der Waals surface area contributed by atoms with Crippen LogP contribution in [0.4, 0.5) is 0 Å². The van der Waals surface area contributed by atoms with Crippen LogP contribution in [0.3, 0.4) is 0 Å². The van der Waals surface area contributed by atoms with Crippen LogP contribution in [-0.4, -0.2) is 22.6 Å². The number of carbonyl (C=O) groups excluding carboxylic acids is 1. The number of nitrogens with zero attached hydrogens (tertiary/aromatic N) is 2. The monoisotopic (exact) mass is 406 g/mol. The molecule has 5 heteroatoms. The Morgan fingerprint density at radius 3 is 2.37 bits per heavy atom. The summed E-state index contributed by atoms with van der Waals surface area (Å²) in [4.78, 5) is 12.4. The molecule has 0 saturated carbocycles. The molecule has 1 aliphatic carbocycles. The van der Waals surface area contributed by atoms with Crippen LogP contribution in [0.2, 0.25) is 0 Å². The number of nitriles is 1. The van der Waals surface area contributed by atoms with E-state index in [1.165, 1.54) is 0 Å². The maximum atomic E-state index is 12.4. The van der Waals surface area contributed by atoms with Crippen LogP contribution in [0.25, 0.3) is 5.69 Å². The predicted molar refractivity (Wildman–Crippen MR) is 115 cm³/mol. The van der Waals surface area contributed by atoms with Gasteiger partial charge < -0.3 is 14.0 Å². The highest BCUT2D eigenvalue weighted by Gasteiger charge is 2.53. The van der Waals surface area contributed by atoms with E-state index in [4.69, 9.17) is 9.47 Å². The van der Waals surface area contributed by atoms with Crippen molar-refractivity contribution < 1.29 is 14.3 Å².